The third-order valence-corrected chi connectivity index (χ3v) is 5.08. The molecule has 2 unspecified atom stereocenters. The molecule has 1 saturated heterocycles. The number of ether oxygens (including phenoxy) is 1. The molecule has 1 aromatic carbocycles. The Labute approximate surface area is 175 Å². The van der Waals surface area contributed by atoms with Crippen molar-refractivity contribution < 1.29 is 9.53 Å². The molecule has 3 rings (SSSR count). The fourth-order valence-corrected chi connectivity index (χ4v) is 3.39. The second-order valence-electron chi connectivity index (χ2n) is 7.29. The molecule has 7 heteroatoms. The fourth-order valence-electron chi connectivity index (χ4n) is 3.39. The molecular weight excluding hydrogens is 385 g/mol. The molecule has 0 bridgehead atoms. The molecule has 1 aromatic rings. The van der Waals surface area contributed by atoms with Crippen LogP contribution in [0.3, 0.4) is 0 Å². The van der Waals surface area contributed by atoms with Gasteiger partial charge in [-0.05, 0) is 37.3 Å². The Bertz CT molecular complexity index is 543. The normalized spacial score (nSPS) is 20.9. The zero-order valence-corrected chi connectivity index (χ0v) is 17.7. The van der Waals surface area contributed by atoms with Crippen LogP contribution in [0.5, 0.6) is 0 Å². The maximum Gasteiger partial charge on any atom is 0.234 e. The Kier molecular flexibility index (Phi) is 11.3. The van der Waals surface area contributed by atoms with E-state index in [1.807, 2.05) is 6.07 Å². The Balaban J connectivity index is 0.00000182. The van der Waals surface area contributed by atoms with E-state index in [1.165, 1.54) is 18.4 Å². The molecule has 2 atom stereocenters. The lowest BCUT2D eigenvalue weighted by Crippen LogP contribution is -2.54. The number of halogens is 2. The van der Waals surface area contributed by atoms with Gasteiger partial charge in [-0.15, -0.1) is 24.8 Å². The van der Waals surface area contributed by atoms with Crippen LogP contribution in [0.4, 0.5) is 0 Å². The van der Waals surface area contributed by atoms with Gasteiger partial charge in [0.25, 0.3) is 0 Å². The highest BCUT2D eigenvalue weighted by atomic mass is 35.5. The van der Waals surface area contributed by atoms with Crippen LogP contribution in [0.2, 0.25) is 0 Å². The number of amides is 1. The first-order chi connectivity index (χ1) is 12.2. The molecule has 0 aromatic heterocycles. The van der Waals surface area contributed by atoms with Gasteiger partial charge >= 0.3 is 0 Å². The van der Waals surface area contributed by atoms with E-state index in [4.69, 9.17) is 4.74 Å². The van der Waals surface area contributed by atoms with E-state index >= 15 is 0 Å². The predicted molar refractivity (Wildman–Crippen MR) is 114 cm³/mol. The van der Waals surface area contributed by atoms with Gasteiger partial charge in [0.05, 0.1) is 25.3 Å². The number of carbonyl (C=O) groups is 1. The van der Waals surface area contributed by atoms with Gasteiger partial charge in [0.2, 0.25) is 5.91 Å². The van der Waals surface area contributed by atoms with Gasteiger partial charge in [-0.2, -0.15) is 0 Å². The lowest BCUT2D eigenvalue weighted by Gasteiger charge is -2.37. The van der Waals surface area contributed by atoms with E-state index in [2.05, 4.69) is 46.7 Å². The van der Waals surface area contributed by atoms with E-state index in [-0.39, 0.29) is 42.9 Å². The number of hydrogen-bond acceptors (Lipinski definition) is 4. The molecule has 154 valence electrons. The van der Waals surface area contributed by atoms with Gasteiger partial charge in [-0.3, -0.25) is 9.69 Å². The Morgan fingerprint density at radius 3 is 2.67 bits per heavy atom. The van der Waals surface area contributed by atoms with Gasteiger partial charge in [0, 0.05) is 19.6 Å². The first-order valence-corrected chi connectivity index (χ1v) is 9.62. The number of benzene rings is 1. The standard InChI is InChI=1S/C20H31N3O2.2ClH/c1-2-18(22-20(24)13-21-12-16-8-9-16)19-15-23(10-11-25-19)14-17-6-4-3-5-7-17;;/h3-7,16,18-19,21H,2,8-15H2,1H3,(H,22,24);2*1H. The van der Waals surface area contributed by atoms with Crippen molar-refractivity contribution in [1.82, 2.24) is 15.5 Å². The van der Waals surface area contributed by atoms with Gasteiger partial charge in [-0.1, -0.05) is 37.3 Å². The average molecular weight is 418 g/mol. The van der Waals surface area contributed by atoms with Crippen molar-refractivity contribution in [2.24, 2.45) is 5.92 Å². The summed E-state index contributed by atoms with van der Waals surface area (Å²) in [5.74, 6) is 0.874. The van der Waals surface area contributed by atoms with Crippen LogP contribution in [0.15, 0.2) is 30.3 Å². The van der Waals surface area contributed by atoms with E-state index in [0.717, 1.165) is 45.1 Å². The van der Waals surface area contributed by atoms with Crippen molar-refractivity contribution in [3.63, 3.8) is 0 Å². The molecule has 0 radical (unpaired) electrons. The number of hydrogen-bond donors (Lipinski definition) is 2. The lowest BCUT2D eigenvalue weighted by molar-refractivity contribution is -0.123. The molecule has 1 heterocycles. The summed E-state index contributed by atoms with van der Waals surface area (Å²) < 4.78 is 5.98. The lowest BCUT2D eigenvalue weighted by atomic mass is 10.1. The summed E-state index contributed by atoms with van der Waals surface area (Å²) in [6.45, 7) is 6.96. The first-order valence-electron chi connectivity index (χ1n) is 9.62. The molecule has 0 spiro atoms. The summed E-state index contributed by atoms with van der Waals surface area (Å²) in [6.07, 6.45) is 3.56. The highest BCUT2D eigenvalue weighted by molar-refractivity contribution is 5.85. The smallest absolute Gasteiger partial charge is 0.234 e. The monoisotopic (exact) mass is 417 g/mol. The second kappa shape index (κ2) is 12.6. The van der Waals surface area contributed by atoms with Gasteiger partial charge in [0.1, 0.15) is 0 Å². The van der Waals surface area contributed by atoms with Crippen molar-refractivity contribution >= 4 is 30.7 Å². The summed E-state index contributed by atoms with van der Waals surface area (Å²) in [4.78, 5) is 14.6. The van der Waals surface area contributed by atoms with Crippen LogP contribution >= 0.6 is 24.8 Å². The topological polar surface area (TPSA) is 53.6 Å². The van der Waals surface area contributed by atoms with Crippen molar-refractivity contribution in [3.05, 3.63) is 35.9 Å². The van der Waals surface area contributed by atoms with E-state index in [9.17, 15) is 4.79 Å². The minimum absolute atomic E-state index is 0. The summed E-state index contributed by atoms with van der Waals surface area (Å²) in [5, 5.41) is 6.42. The van der Waals surface area contributed by atoms with Crippen molar-refractivity contribution in [3.8, 4) is 0 Å². The van der Waals surface area contributed by atoms with Crippen LogP contribution in [-0.4, -0.2) is 55.7 Å². The SMILES string of the molecule is CCC(NC(=O)CNCC1CC1)C1CN(Cc2ccccc2)CCO1.Cl.Cl. The number of carbonyl (C=O) groups excluding carboxylic acids is 1. The quantitative estimate of drug-likeness (QED) is 0.648. The number of morpholine rings is 1. The predicted octanol–water partition coefficient (Wildman–Crippen LogP) is 2.63. The highest BCUT2D eigenvalue weighted by Gasteiger charge is 2.28. The van der Waals surface area contributed by atoms with Gasteiger partial charge < -0.3 is 15.4 Å². The second-order valence-corrected chi connectivity index (χ2v) is 7.29. The van der Waals surface area contributed by atoms with Gasteiger partial charge in [-0.25, -0.2) is 0 Å². The third-order valence-electron chi connectivity index (χ3n) is 5.08. The van der Waals surface area contributed by atoms with Crippen molar-refractivity contribution in [1.29, 1.82) is 0 Å². The van der Waals surface area contributed by atoms with Crippen LogP contribution < -0.4 is 10.6 Å². The minimum Gasteiger partial charge on any atom is -0.373 e. The molecule has 2 fully saturated rings. The highest BCUT2D eigenvalue weighted by Crippen LogP contribution is 2.27. The molecule has 1 aliphatic heterocycles. The minimum atomic E-state index is 0. The summed E-state index contributed by atoms with van der Waals surface area (Å²) >= 11 is 0. The third kappa shape index (κ3) is 8.36. The Hall–Kier alpha value is -0.850. The average Bonchev–Trinajstić information content (AvgIpc) is 3.45. The van der Waals surface area contributed by atoms with Crippen molar-refractivity contribution in [2.45, 2.75) is 44.9 Å². The molecular formula is C20H33Cl2N3O2. The van der Waals surface area contributed by atoms with Crippen LogP contribution in [-0.2, 0) is 16.1 Å². The van der Waals surface area contributed by atoms with Crippen molar-refractivity contribution in [2.75, 3.05) is 32.8 Å². The molecule has 2 aliphatic rings. The van der Waals surface area contributed by atoms with Crippen LogP contribution in [0.25, 0.3) is 0 Å². The number of nitrogens with zero attached hydrogens (tertiary/aromatic N) is 1. The van der Waals surface area contributed by atoms with E-state index < -0.39 is 0 Å². The largest absolute Gasteiger partial charge is 0.373 e. The van der Waals surface area contributed by atoms with E-state index in [0.29, 0.717) is 6.54 Å². The maximum atomic E-state index is 12.2. The first kappa shape index (κ1) is 24.2. The number of nitrogens with one attached hydrogen (secondary N) is 2. The van der Waals surface area contributed by atoms with Gasteiger partial charge in [0.15, 0.2) is 0 Å². The molecule has 1 saturated carbocycles. The van der Waals surface area contributed by atoms with E-state index in [1.54, 1.807) is 0 Å². The molecule has 1 amide bonds. The Morgan fingerprint density at radius 2 is 2.00 bits per heavy atom. The maximum absolute atomic E-state index is 12.2. The van der Waals surface area contributed by atoms with Crippen LogP contribution in [0, 0.1) is 5.92 Å². The molecule has 5 nitrogen and oxygen atoms in total. The molecule has 27 heavy (non-hydrogen) atoms. The zero-order valence-electron chi connectivity index (χ0n) is 16.1. The molecule has 2 N–H and O–H groups in total. The number of rotatable bonds is 9. The fraction of sp³-hybridized carbons (Fsp3) is 0.650. The van der Waals surface area contributed by atoms with Crippen LogP contribution in [0.1, 0.15) is 31.7 Å². The zero-order chi connectivity index (χ0) is 17.5. The Morgan fingerprint density at radius 1 is 1.26 bits per heavy atom. The summed E-state index contributed by atoms with van der Waals surface area (Å²) in [7, 11) is 0. The summed E-state index contributed by atoms with van der Waals surface area (Å²) in [5.41, 5.74) is 1.32. The summed E-state index contributed by atoms with van der Waals surface area (Å²) in [6, 6.07) is 10.6. The molecule has 1 aliphatic carbocycles.